The average molecular weight is 558 g/mol. The number of aliphatic hydroxyl groups is 1. The lowest BCUT2D eigenvalue weighted by Gasteiger charge is -2.37. The summed E-state index contributed by atoms with van der Waals surface area (Å²) >= 11 is 3.58. The van der Waals surface area contributed by atoms with Crippen molar-refractivity contribution in [1.82, 2.24) is 23.9 Å². The zero-order valence-electron chi connectivity index (χ0n) is 16.8. The summed E-state index contributed by atoms with van der Waals surface area (Å²) < 4.78 is 5.16. The number of hydrogen-bond donors (Lipinski definition) is 2. The van der Waals surface area contributed by atoms with Gasteiger partial charge in [0.25, 0.3) is 0 Å². The molecule has 8 nitrogen and oxygen atoms in total. The zero-order chi connectivity index (χ0) is 21.3. The van der Waals surface area contributed by atoms with Crippen molar-refractivity contribution in [2.75, 3.05) is 45.2 Å². The van der Waals surface area contributed by atoms with Crippen molar-refractivity contribution in [3.63, 3.8) is 0 Å². The van der Waals surface area contributed by atoms with E-state index in [9.17, 15) is 9.90 Å². The van der Waals surface area contributed by atoms with E-state index in [0.717, 1.165) is 47.9 Å². The number of urea groups is 1. The largest absolute Gasteiger partial charge is 0.375 e. The van der Waals surface area contributed by atoms with Gasteiger partial charge in [-0.05, 0) is 51.0 Å². The molecule has 0 bridgehead atoms. The smallest absolute Gasteiger partial charge is 0.319 e. The molecule has 2 aliphatic rings. The number of piperazine rings is 1. The van der Waals surface area contributed by atoms with Gasteiger partial charge in [-0.25, -0.2) is 14.5 Å². The Balaban J connectivity index is 1.62. The highest BCUT2D eigenvalue weighted by Gasteiger charge is 2.40. The molecule has 1 aliphatic heterocycles. The fourth-order valence-electron chi connectivity index (χ4n) is 3.29. The molecule has 30 heavy (non-hydrogen) atoms. The van der Waals surface area contributed by atoms with Crippen molar-refractivity contribution in [3.05, 3.63) is 24.2 Å². The molecule has 2 aromatic rings. The first-order valence-corrected chi connectivity index (χ1v) is 13.7. The summed E-state index contributed by atoms with van der Waals surface area (Å²) in [7, 11) is 4.99. The van der Waals surface area contributed by atoms with Crippen LogP contribution in [0.2, 0.25) is 0 Å². The number of halogens is 1. The molecular weight excluding hydrogens is 535 g/mol. The number of nitrogens with one attached hydrogen (secondary N) is 1. The molecular formula is C19H23IN6O2S2. The Morgan fingerprint density at radius 3 is 2.70 bits per heavy atom. The molecule has 2 amide bonds. The van der Waals surface area contributed by atoms with E-state index in [1.165, 1.54) is 20.9 Å². The fourth-order valence-corrected chi connectivity index (χ4v) is 4.61. The quantitative estimate of drug-likeness (QED) is 0.259. The number of amides is 2. The van der Waals surface area contributed by atoms with Crippen LogP contribution < -0.4 is 9.62 Å². The number of pyridine rings is 1. The molecule has 1 aliphatic carbocycles. The molecule has 1 saturated carbocycles. The molecule has 1 saturated heterocycles. The Bertz CT molecular complexity index is 1010. The molecule has 4 rings (SSSR count). The van der Waals surface area contributed by atoms with Gasteiger partial charge in [0.15, 0.2) is 5.65 Å². The number of anilines is 1. The molecule has 160 valence electrons. The van der Waals surface area contributed by atoms with Gasteiger partial charge < -0.3 is 19.8 Å². The molecule has 0 spiro atoms. The molecule has 2 aromatic heterocycles. The van der Waals surface area contributed by atoms with Crippen LogP contribution in [0.5, 0.6) is 0 Å². The fraction of sp³-hybridized carbons (Fsp3) is 0.474. The third-order valence-corrected chi connectivity index (χ3v) is 6.92. The second-order valence-corrected chi connectivity index (χ2v) is 10.1. The van der Waals surface area contributed by atoms with E-state index in [-0.39, 0.29) is 6.03 Å². The van der Waals surface area contributed by atoms with Crippen LogP contribution in [-0.2, 0) is 0 Å². The molecule has 0 radical (unpaired) electrons. The van der Waals surface area contributed by atoms with Crippen LogP contribution in [-0.4, -0.2) is 76.3 Å². The third-order valence-electron chi connectivity index (χ3n) is 5.13. The lowest BCUT2D eigenvalue weighted by molar-refractivity contribution is 0.142. The van der Waals surface area contributed by atoms with Gasteiger partial charge in [0, 0.05) is 72.6 Å². The predicted molar refractivity (Wildman–Crippen MR) is 130 cm³/mol. The van der Waals surface area contributed by atoms with E-state index >= 15 is 0 Å². The number of carbonyl (C=O) groups is 1. The SMILES string of the molecule is CN(C)C(=O)N1CCN(c2cc(SNC3(O)CC3)cn3c(C#CSI)cnc23)CC1. The van der Waals surface area contributed by atoms with E-state index in [4.69, 9.17) is 0 Å². The number of fused-ring (bicyclic) bond motifs is 1. The minimum atomic E-state index is -0.757. The summed E-state index contributed by atoms with van der Waals surface area (Å²) in [6.07, 6.45) is 5.33. The van der Waals surface area contributed by atoms with Gasteiger partial charge in [-0.2, -0.15) is 0 Å². The van der Waals surface area contributed by atoms with Crippen LogP contribution in [0, 0.1) is 11.2 Å². The summed E-state index contributed by atoms with van der Waals surface area (Å²) in [5.74, 6) is 3.14. The van der Waals surface area contributed by atoms with Crippen molar-refractivity contribution < 1.29 is 9.90 Å². The molecule has 2 N–H and O–H groups in total. The third kappa shape index (κ3) is 4.77. The molecule has 0 unspecified atom stereocenters. The number of rotatable bonds is 4. The van der Waals surface area contributed by atoms with Crippen LogP contribution in [0.15, 0.2) is 23.4 Å². The second kappa shape index (κ2) is 9.04. The number of nitrogens with zero attached hydrogens (tertiary/aromatic N) is 5. The van der Waals surface area contributed by atoms with Crippen LogP contribution in [0.25, 0.3) is 5.65 Å². The first-order chi connectivity index (χ1) is 14.4. The maximum Gasteiger partial charge on any atom is 0.319 e. The Hall–Kier alpha value is -1.33. The minimum absolute atomic E-state index is 0.0423. The van der Waals surface area contributed by atoms with Gasteiger partial charge in [0.1, 0.15) is 11.4 Å². The van der Waals surface area contributed by atoms with Gasteiger partial charge >= 0.3 is 6.03 Å². The van der Waals surface area contributed by atoms with E-state index < -0.39 is 5.72 Å². The highest BCUT2D eigenvalue weighted by atomic mass is 127. The van der Waals surface area contributed by atoms with E-state index in [0.29, 0.717) is 13.1 Å². The number of carbonyl (C=O) groups excluding carboxylic acids is 1. The van der Waals surface area contributed by atoms with Crippen molar-refractivity contribution >= 4 is 59.5 Å². The van der Waals surface area contributed by atoms with Gasteiger partial charge in [-0.15, -0.1) is 0 Å². The summed E-state index contributed by atoms with van der Waals surface area (Å²) in [6.45, 7) is 2.80. The maximum absolute atomic E-state index is 12.3. The molecule has 0 atom stereocenters. The zero-order valence-corrected chi connectivity index (χ0v) is 20.6. The van der Waals surface area contributed by atoms with Crippen LogP contribution in [0.3, 0.4) is 0 Å². The number of hydrogen-bond acceptors (Lipinski definition) is 7. The van der Waals surface area contributed by atoms with E-state index in [1.54, 1.807) is 25.2 Å². The summed E-state index contributed by atoms with van der Waals surface area (Å²) in [4.78, 5) is 23.6. The van der Waals surface area contributed by atoms with Crippen molar-refractivity contribution in [2.24, 2.45) is 0 Å². The topological polar surface area (TPSA) is 76.4 Å². The highest BCUT2D eigenvalue weighted by Crippen LogP contribution is 2.36. The molecule has 3 heterocycles. The summed E-state index contributed by atoms with van der Waals surface area (Å²) in [5, 5.41) is 13.2. The Labute approximate surface area is 196 Å². The Morgan fingerprint density at radius 1 is 1.33 bits per heavy atom. The van der Waals surface area contributed by atoms with Gasteiger partial charge in [-0.1, -0.05) is 0 Å². The number of imidazole rings is 1. The first-order valence-electron chi connectivity index (χ1n) is 9.57. The van der Waals surface area contributed by atoms with Crippen molar-refractivity contribution in [3.8, 4) is 11.2 Å². The van der Waals surface area contributed by atoms with Crippen molar-refractivity contribution in [1.29, 1.82) is 0 Å². The predicted octanol–water partition coefficient (Wildman–Crippen LogP) is 2.61. The summed E-state index contributed by atoms with van der Waals surface area (Å²) in [6, 6.07) is 2.14. The van der Waals surface area contributed by atoms with Gasteiger partial charge in [-0.3, -0.25) is 4.40 Å². The van der Waals surface area contributed by atoms with Crippen LogP contribution in [0.4, 0.5) is 10.5 Å². The van der Waals surface area contributed by atoms with Crippen LogP contribution in [0.1, 0.15) is 18.5 Å². The molecule has 11 heteroatoms. The minimum Gasteiger partial charge on any atom is -0.375 e. The monoisotopic (exact) mass is 558 g/mol. The average Bonchev–Trinajstić information content (AvgIpc) is 3.35. The molecule has 2 fully saturated rings. The standard InChI is InChI=1S/C19H23IN6O2S2/c1-23(2)18(27)25-8-6-24(7-9-25)16-11-15(30-22-19(28)4-5-19)13-26-14(3-10-29-20)12-21-17(16)26/h11-13,22,28H,4-9H2,1-2H3. The van der Waals surface area contributed by atoms with Crippen molar-refractivity contribution in [2.45, 2.75) is 23.5 Å². The van der Waals surface area contributed by atoms with Crippen LogP contribution >= 0.6 is 42.1 Å². The van der Waals surface area contributed by atoms with Gasteiger partial charge in [0.2, 0.25) is 0 Å². The maximum atomic E-state index is 12.3. The van der Waals surface area contributed by atoms with Gasteiger partial charge in [0.05, 0.1) is 11.9 Å². The summed E-state index contributed by atoms with van der Waals surface area (Å²) in [5.41, 5.74) is 1.92. The number of aromatic nitrogens is 2. The highest BCUT2D eigenvalue weighted by molar-refractivity contribution is 14.2. The second-order valence-electron chi connectivity index (χ2n) is 7.59. The normalized spacial score (nSPS) is 17.6. The molecule has 0 aromatic carbocycles. The lowest BCUT2D eigenvalue weighted by atomic mass is 10.2. The Morgan fingerprint density at radius 2 is 2.07 bits per heavy atom. The Kier molecular flexibility index (Phi) is 6.59. The lowest BCUT2D eigenvalue weighted by Crippen LogP contribution is -2.51. The first kappa shape index (κ1) is 21.9. The van der Waals surface area contributed by atoms with E-state index in [2.05, 4.69) is 53.1 Å². The van der Waals surface area contributed by atoms with E-state index in [1.807, 2.05) is 15.5 Å².